The van der Waals surface area contributed by atoms with Gasteiger partial charge in [-0.05, 0) is 37.0 Å². The fourth-order valence-corrected chi connectivity index (χ4v) is 2.29. The molecule has 20 heavy (non-hydrogen) atoms. The molecule has 0 aliphatic carbocycles. The topological polar surface area (TPSA) is 77.6 Å². The lowest BCUT2D eigenvalue weighted by atomic mass is 10.1. The summed E-state index contributed by atoms with van der Waals surface area (Å²) in [6, 6.07) is 5.55. The molecule has 0 aromatic heterocycles. The zero-order valence-corrected chi connectivity index (χ0v) is 11.9. The van der Waals surface area contributed by atoms with E-state index in [-0.39, 0.29) is 11.9 Å². The van der Waals surface area contributed by atoms with Crippen molar-refractivity contribution in [3.63, 3.8) is 0 Å². The van der Waals surface area contributed by atoms with Crippen LogP contribution in [0.2, 0.25) is 0 Å². The van der Waals surface area contributed by atoms with Crippen LogP contribution in [-0.4, -0.2) is 32.3 Å². The first-order chi connectivity index (χ1) is 9.70. The quantitative estimate of drug-likeness (QED) is 0.617. The number of methoxy groups -OCH3 is 1. The standard InChI is InChI=1S/C15H22N2O3/c1-18-14-8-11(5-6-13(14)15(16)17)9-19-10-12-4-2-3-7-20-12/h5-6,8,12H,2-4,7,9-10H2,1H3,(H3,16,17). The van der Waals surface area contributed by atoms with Gasteiger partial charge in [-0.1, -0.05) is 6.07 Å². The number of hydrogen-bond acceptors (Lipinski definition) is 4. The molecular weight excluding hydrogens is 256 g/mol. The van der Waals surface area contributed by atoms with E-state index < -0.39 is 0 Å². The molecule has 1 aromatic rings. The molecule has 1 saturated heterocycles. The molecule has 5 nitrogen and oxygen atoms in total. The van der Waals surface area contributed by atoms with E-state index in [0.29, 0.717) is 24.5 Å². The number of hydrogen-bond donors (Lipinski definition) is 2. The summed E-state index contributed by atoms with van der Waals surface area (Å²) in [7, 11) is 1.57. The zero-order valence-electron chi connectivity index (χ0n) is 11.9. The maximum atomic E-state index is 7.47. The SMILES string of the molecule is COc1cc(COCC2CCCCO2)ccc1C(=N)N. The molecule has 0 spiro atoms. The molecule has 1 fully saturated rings. The van der Waals surface area contributed by atoms with Crippen LogP contribution in [0.1, 0.15) is 30.4 Å². The first kappa shape index (κ1) is 14.8. The Morgan fingerprint density at radius 1 is 1.45 bits per heavy atom. The summed E-state index contributed by atoms with van der Waals surface area (Å²) in [5.41, 5.74) is 7.10. The zero-order chi connectivity index (χ0) is 14.4. The van der Waals surface area contributed by atoms with Crippen molar-refractivity contribution in [1.29, 1.82) is 5.41 Å². The molecule has 5 heteroatoms. The molecule has 0 saturated carbocycles. The van der Waals surface area contributed by atoms with Crippen molar-refractivity contribution in [2.45, 2.75) is 32.0 Å². The highest BCUT2D eigenvalue weighted by atomic mass is 16.5. The smallest absolute Gasteiger partial charge is 0.130 e. The van der Waals surface area contributed by atoms with Gasteiger partial charge in [-0.25, -0.2) is 0 Å². The lowest BCUT2D eigenvalue weighted by Crippen LogP contribution is -2.24. The first-order valence-corrected chi connectivity index (χ1v) is 6.91. The van der Waals surface area contributed by atoms with E-state index in [2.05, 4.69) is 0 Å². The molecular formula is C15H22N2O3. The molecule has 110 valence electrons. The molecule has 1 atom stereocenters. The van der Waals surface area contributed by atoms with Gasteiger partial charge in [0, 0.05) is 6.61 Å². The van der Waals surface area contributed by atoms with Gasteiger partial charge >= 0.3 is 0 Å². The Hall–Kier alpha value is -1.59. The Morgan fingerprint density at radius 3 is 2.95 bits per heavy atom. The lowest BCUT2D eigenvalue weighted by Gasteiger charge is -2.22. The summed E-state index contributed by atoms with van der Waals surface area (Å²) in [6.07, 6.45) is 3.67. The number of nitrogens with two attached hydrogens (primary N) is 1. The minimum atomic E-state index is 0.00456. The maximum Gasteiger partial charge on any atom is 0.130 e. The van der Waals surface area contributed by atoms with Crippen LogP contribution in [-0.2, 0) is 16.1 Å². The number of ether oxygens (including phenoxy) is 3. The maximum absolute atomic E-state index is 7.47. The number of nitrogen functional groups attached to an aromatic ring is 1. The van der Waals surface area contributed by atoms with E-state index in [0.717, 1.165) is 25.0 Å². The van der Waals surface area contributed by atoms with Crippen LogP contribution in [0.3, 0.4) is 0 Å². The summed E-state index contributed by atoms with van der Waals surface area (Å²) in [5, 5.41) is 7.47. The second-order valence-electron chi connectivity index (χ2n) is 4.95. The highest BCUT2D eigenvalue weighted by Crippen LogP contribution is 2.20. The van der Waals surface area contributed by atoms with Crippen LogP contribution >= 0.6 is 0 Å². The van der Waals surface area contributed by atoms with Crippen LogP contribution < -0.4 is 10.5 Å². The summed E-state index contributed by atoms with van der Waals surface area (Å²) in [4.78, 5) is 0. The van der Waals surface area contributed by atoms with Gasteiger partial charge in [0.25, 0.3) is 0 Å². The number of benzene rings is 1. The van der Waals surface area contributed by atoms with Crippen molar-refractivity contribution < 1.29 is 14.2 Å². The highest BCUT2D eigenvalue weighted by molar-refractivity contribution is 5.97. The van der Waals surface area contributed by atoms with Crippen LogP contribution in [0.4, 0.5) is 0 Å². The Kier molecular flexibility index (Phi) is 5.38. The Labute approximate surface area is 119 Å². The molecule has 0 amide bonds. The third-order valence-electron chi connectivity index (χ3n) is 3.40. The third kappa shape index (κ3) is 3.95. The summed E-state index contributed by atoms with van der Waals surface area (Å²) >= 11 is 0. The second kappa shape index (κ2) is 7.26. The van der Waals surface area contributed by atoms with Crippen molar-refractivity contribution in [2.24, 2.45) is 5.73 Å². The van der Waals surface area contributed by atoms with E-state index in [1.807, 2.05) is 12.1 Å². The normalized spacial score (nSPS) is 18.8. The monoisotopic (exact) mass is 278 g/mol. The Balaban J connectivity index is 1.87. The minimum absolute atomic E-state index is 0.00456. The van der Waals surface area contributed by atoms with Gasteiger partial charge in [-0.2, -0.15) is 0 Å². The fraction of sp³-hybridized carbons (Fsp3) is 0.533. The van der Waals surface area contributed by atoms with E-state index >= 15 is 0 Å². The average Bonchev–Trinajstić information content (AvgIpc) is 2.48. The third-order valence-corrected chi connectivity index (χ3v) is 3.40. The van der Waals surface area contributed by atoms with Gasteiger partial charge in [0.05, 0.1) is 32.0 Å². The molecule has 1 aromatic carbocycles. The van der Waals surface area contributed by atoms with Crippen molar-refractivity contribution in [2.75, 3.05) is 20.3 Å². The molecule has 0 radical (unpaired) electrons. The number of rotatable bonds is 6. The molecule has 1 heterocycles. The van der Waals surface area contributed by atoms with Gasteiger partial charge in [-0.3, -0.25) is 5.41 Å². The van der Waals surface area contributed by atoms with Gasteiger partial charge < -0.3 is 19.9 Å². The average molecular weight is 278 g/mol. The van der Waals surface area contributed by atoms with E-state index in [1.165, 1.54) is 6.42 Å². The highest BCUT2D eigenvalue weighted by Gasteiger charge is 2.14. The fourth-order valence-electron chi connectivity index (χ4n) is 2.29. The Bertz CT molecular complexity index is 456. The van der Waals surface area contributed by atoms with Crippen molar-refractivity contribution >= 4 is 5.84 Å². The van der Waals surface area contributed by atoms with Crippen LogP contribution in [0.25, 0.3) is 0 Å². The molecule has 1 aliphatic rings. The number of nitrogens with one attached hydrogen (secondary N) is 1. The van der Waals surface area contributed by atoms with Crippen LogP contribution in [0.5, 0.6) is 5.75 Å². The molecule has 1 unspecified atom stereocenters. The molecule has 0 bridgehead atoms. The minimum Gasteiger partial charge on any atom is -0.496 e. The van der Waals surface area contributed by atoms with E-state index in [1.54, 1.807) is 13.2 Å². The Morgan fingerprint density at radius 2 is 2.30 bits per heavy atom. The van der Waals surface area contributed by atoms with Crippen LogP contribution in [0.15, 0.2) is 18.2 Å². The number of amidine groups is 1. The largest absolute Gasteiger partial charge is 0.496 e. The molecule has 2 rings (SSSR count). The van der Waals surface area contributed by atoms with Gasteiger partial charge in [-0.15, -0.1) is 0 Å². The van der Waals surface area contributed by atoms with Gasteiger partial charge in [0.1, 0.15) is 11.6 Å². The summed E-state index contributed by atoms with van der Waals surface area (Å²) in [5.74, 6) is 0.609. The van der Waals surface area contributed by atoms with Crippen molar-refractivity contribution in [3.05, 3.63) is 29.3 Å². The molecule has 1 aliphatic heterocycles. The predicted octanol–water partition coefficient (Wildman–Crippen LogP) is 2.06. The van der Waals surface area contributed by atoms with Crippen molar-refractivity contribution in [1.82, 2.24) is 0 Å². The van der Waals surface area contributed by atoms with E-state index in [9.17, 15) is 0 Å². The van der Waals surface area contributed by atoms with E-state index in [4.69, 9.17) is 25.4 Å². The lowest BCUT2D eigenvalue weighted by molar-refractivity contribution is -0.0447. The van der Waals surface area contributed by atoms with Crippen molar-refractivity contribution in [3.8, 4) is 5.75 Å². The summed E-state index contributed by atoms with van der Waals surface area (Å²) < 4.78 is 16.6. The summed E-state index contributed by atoms with van der Waals surface area (Å²) in [6.45, 7) is 1.97. The van der Waals surface area contributed by atoms with Gasteiger partial charge in [0.2, 0.25) is 0 Å². The molecule has 3 N–H and O–H groups in total. The predicted molar refractivity (Wildman–Crippen MR) is 77.3 cm³/mol. The second-order valence-corrected chi connectivity index (χ2v) is 4.95. The van der Waals surface area contributed by atoms with Gasteiger partial charge in [0.15, 0.2) is 0 Å². The van der Waals surface area contributed by atoms with Crippen LogP contribution in [0, 0.1) is 5.41 Å². The first-order valence-electron chi connectivity index (χ1n) is 6.91.